The van der Waals surface area contributed by atoms with Gasteiger partial charge >= 0.3 is 0 Å². The zero-order valence-electron chi connectivity index (χ0n) is 8.14. The third-order valence-corrected chi connectivity index (χ3v) is 2.48. The predicted octanol–water partition coefficient (Wildman–Crippen LogP) is 0.306. The number of fused-ring (bicyclic) bond motifs is 1. The first-order valence-corrected chi connectivity index (χ1v) is 4.50. The van der Waals surface area contributed by atoms with E-state index in [1.165, 1.54) is 0 Å². The molecule has 1 aliphatic carbocycles. The van der Waals surface area contributed by atoms with E-state index in [4.69, 9.17) is 4.74 Å². The average Bonchev–Trinajstić information content (AvgIpc) is 2.23. The van der Waals surface area contributed by atoms with E-state index >= 15 is 0 Å². The maximum atomic E-state index is 11.5. The van der Waals surface area contributed by atoms with Crippen LogP contribution in [-0.4, -0.2) is 24.7 Å². The summed E-state index contributed by atoms with van der Waals surface area (Å²) in [4.78, 5) is 22.9. The van der Waals surface area contributed by atoms with Gasteiger partial charge in [-0.3, -0.25) is 9.59 Å². The Morgan fingerprint density at radius 1 is 1.14 bits per heavy atom. The number of carbonyl (C=O) groups is 2. The van der Waals surface area contributed by atoms with E-state index in [-0.39, 0.29) is 0 Å². The maximum absolute atomic E-state index is 11.5. The van der Waals surface area contributed by atoms with E-state index in [9.17, 15) is 9.59 Å². The van der Waals surface area contributed by atoms with Gasteiger partial charge in [0.15, 0.2) is 0 Å². The molecule has 0 saturated carbocycles. The van der Waals surface area contributed by atoms with E-state index in [1.54, 1.807) is 13.8 Å². The molecule has 0 bridgehead atoms. The van der Waals surface area contributed by atoms with Crippen molar-refractivity contribution in [1.29, 1.82) is 0 Å². The van der Waals surface area contributed by atoms with E-state index in [0.29, 0.717) is 35.8 Å². The van der Waals surface area contributed by atoms with Gasteiger partial charge in [-0.25, -0.2) is 0 Å². The number of hydrogen-bond acceptors (Lipinski definition) is 4. The zero-order chi connectivity index (χ0) is 10.3. The van der Waals surface area contributed by atoms with Crippen molar-refractivity contribution in [3.8, 4) is 0 Å². The third-order valence-electron chi connectivity index (χ3n) is 2.48. The Labute approximate surface area is 81.6 Å². The van der Waals surface area contributed by atoms with Crippen LogP contribution in [-0.2, 0) is 14.3 Å². The Kier molecular flexibility index (Phi) is 1.91. The number of nitrogens with one attached hydrogen (secondary N) is 1. The Hall–Kier alpha value is -1.58. The first-order valence-electron chi connectivity index (χ1n) is 4.50. The van der Waals surface area contributed by atoms with Crippen LogP contribution in [0.2, 0.25) is 0 Å². The number of allylic oxidation sites excluding steroid dienone is 2. The van der Waals surface area contributed by atoms with E-state index in [2.05, 4.69) is 5.32 Å². The second kappa shape index (κ2) is 2.97. The van der Waals surface area contributed by atoms with Crippen LogP contribution in [0.3, 0.4) is 0 Å². The van der Waals surface area contributed by atoms with Crippen molar-refractivity contribution in [2.24, 2.45) is 0 Å². The summed E-state index contributed by atoms with van der Waals surface area (Å²) in [6.45, 7) is 4.47. The minimum absolute atomic E-state index is 0.405. The number of rotatable bonds is 0. The number of ether oxygens (including phenoxy) is 1. The van der Waals surface area contributed by atoms with Crippen LogP contribution in [0.5, 0.6) is 0 Å². The molecule has 0 spiro atoms. The third kappa shape index (κ3) is 1.07. The summed E-state index contributed by atoms with van der Waals surface area (Å²) in [5.74, 6) is -0.345. The van der Waals surface area contributed by atoms with Gasteiger partial charge in [-0.15, -0.1) is 0 Å². The molecule has 1 heterocycles. The molecule has 0 aromatic heterocycles. The number of carbonyl (C=O) groups excluding carboxylic acids is 2. The molecule has 1 saturated heterocycles. The lowest BCUT2D eigenvalue weighted by Crippen LogP contribution is -2.35. The fourth-order valence-corrected chi connectivity index (χ4v) is 1.64. The molecule has 0 atom stereocenters. The van der Waals surface area contributed by atoms with E-state index < -0.39 is 11.6 Å². The second-order valence-electron chi connectivity index (χ2n) is 3.39. The molecule has 4 nitrogen and oxygen atoms in total. The van der Waals surface area contributed by atoms with Crippen molar-refractivity contribution in [3.05, 3.63) is 22.6 Å². The molecule has 0 unspecified atom stereocenters. The van der Waals surface area contributed by atoms with Crippen LogP contribution in [0, 0.1) is 0 Å². The summed E-state index contributed by atoms with van der Waals surface area (Å²) in [6.07, 6.45) is 0. The lowest BCUT2D eigenvalue weighted by Gasteiger charge is -2.27. The Bertz CT molecular complexity index is 352. The molecular formula is C10H11NO3. The van der Waals surface area contributed by atoms with Gasteiger partial charge in [0.25, 0.3) is 0 Å². The molecule has 0 aromatic carbocycles. The summed E-state index contributed by atoms with van der Waals surface area (Å²) in [5.41, 5.74) is 1.54. The van der Waals surface area contributed by atoms with Crippen molar-refractivity contribution in [1.82, 2.24) is 5.32 Å². The minimum atomic E-state index is -0.454. The van der Waals surface area contributed by atoms with Gasteiger partial charge in [0.05, 0.1) is 5.70 Å². The fraction of sp³-hybridized carbons (Fsp3) is 0.400. The van der Waals surface area contributed by atoms with Gasteiger partial charge in [0.1, 0.15) is 12.4 Å². The number of ketones is 2. The highest BCUT2D eigenvalue weighted by atomic mass is 16.5. The second-order valence-corrected chi connectivity index (χ2v) is 3.39. The number of hydrogen-bond donors (Lipinski definition) is 1. The van der Waals surface area contributed by atoms with Gasteiger partial charge in [0.2, 0.25) is 11.6 Å². The highest BCUT2D eigenvalue weighted by molar-refractivity contribution is 6.50. The van der Waals surface area contributed by atoms with Gasteiger partial charge in [-0.1, -0.05) is 0 Å². The predicted molar refractivity (Wildman–Crippen MR) is 49.4 cm³/mol. The molecule has 14 heavy (non-hydrogen) atoms. The Morgan fingerprint density at radius 2 is 1.79 bits per heavy atom. The van der Waals surface area contributed by atoms with Gasteiger partial charge in [0, 0.05) is 17.7 Å². The molecule has 2 rings (SSSR count). The van der Waals surface area contributed by atoms with Crippen LogP contribution in [0.1, 0.15) is 13.8 Å². The molecule has 0 radical (unpaired) electrons. The first-order chi connectivity index (χ1) is 6.63. The molecule has 0 aromatic rings. The first kappa shape index (κ1) is 8.99. The summed E-state index contributed by atoms with van der Waals surface area (Å²) >= 11 is 0. The molecule has 74 valence electrons. The molecular weight excluding hydrogens is 182 g/mol. The fourth-order valence-electron chi connectivity index (χ4n) is 1.64. The average molecular weight is 193 g/mol. The van der Waals surface area contributed by atoms with Crippen LogP contribution in [0.15, 0.2) is 22.6 Å². The number of morpholine rings is 1. The topological polar surface area (TPSA) is 55.4 Å². The van der Waals surface area contributed by atoms with Crippen LogP contribution in [0.4, 0.5) is 0 Å². The smallest absolute Gasteiger partial charge is 0.232 e. The van der Waals surface area contributed by atoms with Gasteiger partial charge in [-0.05, 0) is 13.8 Å². The zero-order valence-corrected chi connectivity index (χ0v) is 8.14. The molecule has 1 N–H and O–H groups in total. The van der Waals surface area contributed by atoms with Crippen LogP contribution in [0.25, 0.3) is 0 Å². The van der Waals surface area contributed by atoms with Crippen molar-refractivity contribution in [3.63, 3.8) is 0 Å². The van der Waals surface area contributed by atoms with E-state index in [1.807, 2.05) is 0 Å². The molecule has 1 fully saturated rings. The Balaban J connectivity index is 2.57. The monoisotopic (exact) mass is 193 g/mol. The quantitative estimate of drug-likeness (QED) is 0.444. The lowest BCUT2D eigenvalue weighted by molar-refractivity contribution is -0.132. The molecule has 4 heteroatoms. The molecule has 1 aliphatic heterocycles. The SMILES string of the molecule is CC1=C2NCCOC2=C(C)C(=O)C1=O. The highest BCUT2D eigenvalue weighted by Crippen LogP contribution is 2.26. The number of Topliss-reactive ketones (excluding diaryl/α,β-unsaturated/α-hetero) is 2. The minimum Gasteiger partial charge on any atom is -0.489 e. The normalized spacial score (nSPS) is 21.9. The van der Waals surface area contributed by atoms with Crippen LogP contribution < -0.4 is 5.32 Å². The highest BCUT2D eigenvalue weighted by Gasteiger charge is 2.32. The maximum Gasteiger partial charge on any atom is 0.232 e. The van der Waals surface area contributed by atoms with Crippen molar-refractivity contribution in [2.75, 3.05) is 13.2 Å². The van der Waals surface area contributed by atoms with Gasteiger partial charge in [-0.2, -0.15) is 0 Å². The van der Waals surface area contributed by atoms with Gasteiger partial charge < -0.3 is 10.1 Å². The molecule has 0 amide bonds. The van der Waals surface area contributed by atoms with Crippen LogP contribution >= 0.6 is 0 Å². The molecule has 2 aliphatic rings. The Morgan fingerprint density at radius 3 is 2.50 bits per heavy atom. The summed E-state index contributed by atoms with van der Waals surface area (Å²) in [6, 6.07) is 0. The van der Waals surface area contributed by atoms with E-state index in [0.717, 1.165) is 0 Å². The summed E-state index contributed by atoms with van der Waals surface area (Å²) < 4.78 is 5.37. The summed E-state index contributed by atoms with van der Waals surface area (Å²) in [7, 11) is 0. The largest absolute Gasteiger partial charge is 0.489 e. The van der Waals surface area contributed by atoms with Crippen molar-refractivity contribution < 1.29 is 14.3 Å². The summed E-state index contributed by atoms with van der Waals surface area (Å²) in [5, 5.41) is 3.08. The van der Waals surface area contributed by atoms with Crippen molar-refractivity contribution in [2.45, 2.75) is 13.8 Å². The van der Waals surface area contributed by atoms with Crippen molar-refractivity contribution >= 4 is 11.6 Å². The lowest BCUT2D eigenvalue weighted by atomic mass is 9.93. The standard InChI is InChI=1S/C10H11NO3/c1-5-7-10(14-4-3-11-7)6(2)9(13)8(5)12/h11H,3-4H2,1-2H3.